The number of hydrogen-bond acceptors (Lipinski definition) is 3. The first-order chi connectivity index (χ1) is 2.64. The molecule has 1 atom stereocenters. The molecule has 0 aromatic rings. The summed E-state index contributed by atoms with van der Waals surface area (Å²) in [6.07, 6.45) is -1.34. The van der Waals surface area contributed by atoms with Gasteiger partial charge < -0.3 is 21.2 Å². The predicted molar refractivity (Wildman–Crippen MR) is 28.4 cm³/mol. The number of carbonyl (C=O) groups excluding carboxylic acids is 1. The number of quaternary nitrogens is 1. The third-order valence-electron chi connectivity index (χ3n) is 0.341. The first-order valence-electron chi connectivity index (χ1n) is 1.53. The van der Waals surface area contributed by atoms with Crippen molar-refractivity contribution < 1.29 is 15.0 Å². The maximum Gasteiger partial charge on any atom is 0.0905 e. The van der Waals surface area contributed by atoms with Crippen LogP contribution >= 0.6 is 0 Å². The van der Waals surface area contributed by atoms with E-state index < -0.39 is 12.1 Å². The molecule has 0 aliphatic carbocycles. The summed E-state index contributed by atoms with van der Waals surface area (Å²) in [7, 11) is 0. The first kappa shape index (κ1) is 15.7. The Morgan fingerprint density at radius 2 is 1.88 bits per heavy atom. The largest absolute Gasteiger partial charge is 0.547 e. The minimum atomic E-state index is -1.44. The number of aliphatic carboxylic acids is 1. The van der Waals surface area contributed by atoms with Crippen LogP contribution in [0.3, 0.4) is 0 Å². The van der Waals surface area contributed by atoms with Crippen LogP contribution in [-0.4, -0.2) is 43.4 Å². The third-order valence-corrected chi connectivity index (χ3v) is 0.341. The molecule has 5 N–H and O–H groups in total. The summed E-state index contributed by atoms with van der Waals surface area (Å²) in [5.41, 5.74) is 0. The van der Waals surface area contributed by atoms with Crippen LogP contribution in [0, 0.1) is 0 Å². The molecular formula is C3H9BiNO3. The average Bonchev–Trinajstić information content (AvgIpc) is 1.36. The van der Waals surface area contributed by atoms with E-state index in [1.54, 1.807) is 0 Å². The second-order valence-corrected chi connectivity index (χ2v) is 0.995. The topological polar surface area (TPSA) is 96.9 Å². The number of carbonyl (C=O) groups is 1. The molecule has 0 aromatic heterocycles. The summed E-state index contributed by atoms with van der Waals surface area (Å²) in [5.74, 6) is -1.44. The minimum absolute atomic E-state index is 0. The van der Waals surface area contributed by atoms with Crippen LogP contribution < -0.4 is 11.3 Å². The SMILES string of the molecule is CC(O)C(=O)[O-].[Bi].[NH4+]. The second kappa shape index (κ2) is 7.27. The maximum atomic E-state index is 9.34. The van der Waals surface area contributed by atoms with Crippen molar-refractivity contribution in [1.29, 1.82) is 0 Å². The van der Waals surface area contributed by atoms with Gasteiger partial charge in [-0.2, -0.15) is 0 Å². The molecule has 0 aliphatic heterocycles. The fraction of sp³-hybridized carbons (Fsp3) is 0.667. The van der Waals surface area contributed by atoms with Gasteiger partial charge in [-0.25, -0.2) is 0 Å². The monoisotopic (exact) mass is 316 g/mol. The zero-order valence-corrected chi connectivity index (χ0v) is 8.27. The number of aliphatic hydroxyl groups is 1. The van der Waals surface area contributed by atoms with Crippen molar-refractivity contribution >= 4 is 32.2 Å². The Hall–Kier alpha value is 0.273. The van der Waals surface area contributed by atoms with Gasteiger partial charge in [0.2, 0.25) is 0 Å². The number of aliphatic hydroxyl groups excluding tert-OH is 1. The molecule has 0 spiro atoms. The van der Waals surface area contributed by atoms with Gasteiger partial charge in [-0.1, -0.05) is 0 Å². The summed E-state index contributed by atoms with van der Waals surface area (Å²) in [5, 5.41) is 17.3. The van der Waals surface area contributed by atoms with E-state index in [1.165, 1.54) is 0 Å². The van der Waals surface area contributed by atoms with Crippen LogP contribution in [0.2, 0.25) is 0 Å². The Balaban J connectivity index is -0.000000125. The van der Waals surface area contributed by atoms with E-state index in [0.717, 1.165) is 6.92 Å². The molecule has 5 heteroatoms. The van der Waals surface area contributed by atoms with Crippen molar-refractivity contribution in [3.8, 4) is 0 Å². The van der Waals surface area contributed by atoms with Crippen molar-refractivity contribution in [2.45, 2.75) is 13.0 Å². The van der Waals surface area contributed by atoms with E-state index in [1.807, 2.05) is 0 Å². The van der Waals surface area contributed by atoms with Crippen LogP contribution in [0.4, 0.5) is 0 Å². The van der Waals surface area contributed by atoms with E-state index in [0.29, 0.717) is 0 Å². The van der Waals surface area contributed by atoms with E-state index in [2.05, 4.69) is 0 Å². The van der Waals surface area contributed by atoms with Gasteiger partial charge in [-0.15, -0.1) is 0 Å². The summed E-state index contributed by atoms with van der Waals surface area (Å²) in [6.45, 7) is 1.13. The van der Waals surface area contributed by atoms with Crippen LogP contribution in [0.5, 0.6) is 0 Å². The molecule has 0 aliphatic rings. The minimum Gasteiger partial charge on any atom is -0.547 e. The number of rotatable bonds is 1. The van der Waals surface area contributed by atoms with E-state index >= 15 is 0 Å². The molecule has 0 aromatic carbocycles. The van der Waals surface area contributed by atoms with Gasteiger partial charge in [0.15, 0.2) is 0 Å². The van der Waals surface area contributed by atoms with Crippen molar-refractivity contribution in [2.24, 2.45) is 0 Å². The normalized spacial score (nSPS) is 10.2. The van der Waals surface area contributed by atoms with Gasteiger partial charge in [0, 0.05) is 26.2 Å². The third kappa shape index (κ3) is 9.55. The molecule has 0 fully saturated rings. The summed E-state index contributed by atoms with van der Waals surface area (Å²) < 4.78 is 0. The van der Waals surface area contributed by atoms with Crippen molar-refractivity contribution in [1.82, 2.24) is 6.15 Å². The molecule has 4 nitrogen and oxygen atoms in total. The Kier molecular flexibility index (Phi) is 14.3. The standard InChI is InChI=1S/C3H6O3.Bi.H3N/c1-2(4)3(5)6;;/h2,4H,1H3,(H,5,6);;1H3. The van der Waals surface area contributed by atoms with Crippen LogP contribution in [0.15, 0.2) is 0 Å². The maximum absolute atomic E-state index is 9.34. The number of hydrogen-bond donors (Lipinski definition) is 2. The summed E-state index contributed by atoms with van der Waals surface area (Å²) in [4.78, 5) is 9.34. The Labute approximate surface area is 66.6 Å². The van der Waals surface area contributed by atoms with E-state index in [4.69, 9.17) is 5.11 Å². The Bertz CT molecular complexity index is 65.5. The first-order valence-corrected chi connectivity index (χ1v) is 1.53. The van der Waals surface area contributed by atoms with E-state index in [9.17, 15) is 9.90 Å². The van der Waals surface area contributed by atoms with Gasteiger partial charge in [0.25, 0.3) is 0 Å². The molecule has 49 valence electrons. The van der Waals surface area contributed by atoms with Crippen molar-refractivity contribution in [3.05, 3.63) is 0 Å². The fourth-order valence-electron chi connectivity index (χ4n) is 0. The van der Waals surface area contributed by atoms with Crippen molar-refractivity contribution in [2.75, 3.05) is 0 Å². The number of carboxylic acid groups (broad SMARTS) is 1. The van der Waals surface area contributed by atoms with E-state index in [-0.39, 0.29) is 32.4 Å². The van der Waals surface area contributed by atoms with Gasteiger partial charge in [-0.3, -0.25) is 0 Å². The van der Waals surface area contributed by atoms with Gasteiger partial charge >= 0.3 is 0 Å². The molecule has 0 saturated carbocycles. The van der Waals surface area contributed by atoms with Crippen LogP contribution in [-0.2, 0) is 4.79 Å². The van der Waals surface area contributed by atoms with Gasteiger partial charge in [0.1, 0.15) is 0 Å². The molecule has 1 unspecified atom stereocenters. The molecular weight excluding hydrogens is 307 g/mol. The number of carboxylic acids is 1. The van der Waals surface area contributed by atoms with Crippen LogP contribution in [0.25, 0.3) is 0 Å². The predicted octanol–water partition coefficient (Wildman–Crippen LogP) is -1.89. The summed E-state index contributed by atoms with van der Waals surface area (Å²) in [6, 6.07) is 0. The molecule has 0 saturated heterocycles. The fourth-order valence-corrected chi connectivity index (χ4v) is 0. The molecule has 3 radical (unpaired) electrons. The van der Waals surface area contributed by atoms with Gasteiger partial charge in [-0.05, 0) is 6.92 Å². The van der Waals surface area contributed by atoms with Crippen molar-refractivity contribution in [3.63, 3.8) is 0 Å². The molecule has 0 bridgehead atoms. The second-order valence-electron chi connectivity index (χ2n) is 0.995. The zero-order valence-electron chi connectivity index (χ0n) is 4.79. The molecule has 0 heterocycles. The molecule has 0 amide bonds. The van der Waals surface area contributed by atoms with Gasteiger partial charge in [0.05, 0.1) is 12.1 Å². The average molecular weight is 316 g/mol. The van der Waals surface area contributed by atoms with Crippen LogP contribution in [0.1, 0.15) is 6.92 Å². The quantitative estimate of drug-likeness (QED) is 0.554. The smallest absolute Gasteiger partial charge is 0.0905 e. The summed E-state index contributed by atoms with van der Waals surface area (Å²) >= 11 is 0. The Morgan fingerprint density at radius 1 is 1.75 bits per heavy atom. The zero-order chi connectivity index (χ0) is 5.15. The Morgan fingerprint density at radius 3 is 1.88 bits per heavy atom. The molecule has 8 heavy (non-hydrogen) atoms. The molecule has 0 rings (SSSR count).